The van der Waals surface area contributed by atoms with Crippen LogP contribution in [0.3, 0.4) is 0 Å². The molecule has 0 radical (unpaired) electrons. The highest BCUT2D eigenvalue weighted by Crippen LogP contribution is 2.31. The highest BCUT2D eigenvalue weighted by molar-refractivity contribution is 5.54. The van der Waals surface area contributed by atoms with E-state index in [0.717, 1.165) is 0 Å². The fraction of sp³-hybridized carbons (Fsp3) is 0.250. The molecule has 0 unspecified atom stereocenters. The average Bonchev–Trinajstić information content (AvgIpc) is 2.03. The average molecular weight is 169 g/mol. The van der Waals surface area contributed by atoms with Crippen molar-refractivity contribution in [1.29, 1.82) is 0 Å². The summed E-state index contributed by atoms with van der Waals surface area (Å²) in [4.78, 5) is 10.1. The second-order valence-electron chi connectivity index (χ2n) is 2.39. The lowest BCUT2D eigenvalue weighted by Crippen LogP contribution is -1.87. The van der Waals surface area contributed by atoms with E-state index in [9.17, 15) is 9.30 Å². The molecule has 0 aliphatic heterocycles. The molecule has 0 bridgehead atoms. The molecule has 0 aliphatic carbocycles. The Bertz CT molecular complexity index is 312. The summed E-state index contributed by atoms with van der Waals surface area (Å²) in [5.41, 5.74) is 0.417. The van der Waals surface area contributed by atoms with Crippen molar-refractivity contribution in [3.05, 3.63) is 28.4 Å². The number of hydrogen-bond donors (Lipinski definition) is 0. The molecule has 0 atom stereocenters. The maximum absolute atomic E-state index is 12.9. The number of hydrogen-bond acceptors (Lipinski definition) is 3. The van der Waals surface area contributed by atoms with Crippen LogP contribution in [-0.2, 0) is 0 Å². The first-order chi connectivity index (χ1) is 5.69. The molecule has 0 aromatic heterocycles. The van der Waals surface area contributed by atoms with Gasteiger partial charge in [-0.25, -0.2) is 4.39 Å². The molecule has 0 spiro atoms. The number of nitrogens with zero attached hydrogens (tertiary/aromatic N) is 1. The summed E-state index contributed by atoms with van der Waals surface area (Å²) >= 11 is 0. The fourth-order valence-electron chi connectivity index (χ4n) is 0.947. The van der Waals surface area contributed by atoms with Gasteiger partial charge in [0.05, 0.1) is 7.11 Å². The first-order valence-corrected chi connectivity index (χ1v) is 3.36. The summed E-state index contributed by atoms with van der Waals surface area (Å²) in [7, 11) is 1.36. The van der Waals surface area contributed by atoms with Gasteiger partial charge in [-0.15, -0.1) is 4.91 Å². The predicted octanol–water partition coefficient (Wildman–Crippen LogP) is 2.54. The summed E-state index contributed by atoms with van der Waals surface area (Å²) in [5.74, 6) is -0.482. The van der Waals surface area contributed by atoms with E-state index in [1.54, 1.807) is 13.0 Å². The lowest BCUT2D eigenvalue weighted by Gasteiger charge is -2.03. The quantitative estimate of drug-likeness (QED) is 0.638. The Labute approximate surface area is 69.1 Å². The molecule has 1 rings (SSSR count). The fourth-order valence-corrected chi connectivity index (χ4v) is 0.947. The first kappa shape index (κ1) is 8.64. The van der Waals surface area contributed by atoms with Gasteiger partial charge >= 0.3 is 0 Å². The molecule has 0 saturated carbocycles. The summed E-state index contributed by atoms with van der Waals surface area (Å²) in [6.45, 7) is 1.71. The van der Waals surface area contributed by atoms with E-state index in [-0.39, 0.29) is 11.4 Å². The van der Waals surface area contributed by atoms with Crippen LogP contribution in [0.4, 0.5) is 10.1 Å². The normalized spacial score (nSPS) is 9.58. The highest BCUT2D eigenvalue weighted by Gasteiger charge is 2.10. The van der Waals surface area contributed by atoms with Gasteiger partial charge in [-0.05, 0) is 29.8 Å². The van der Waals surface area contributed by atoms with Gasteiger partial charge in [0.2, 0.25) is 0 Å². The molecular weight excluding hydrogens is 161 g/mol. The van der Waals surface area contributed by atoms with Gasteiger partial charge in [0, 0.05) is 0 Å². The Balaban J connectivity index is 3.33. The van der Waals surface area contributed by atoms with Crippen molar-refractivity contribution in [2.24, 2.45) is 5.18 Å². The topological polar surface area (TPSA) is 38.7 Å². The van der Waals surface area contributed by atoms with Crippen LogP contribution in [0, 0.1) is 17.6 Å². The molecule has 0 saturated heterocycles. The van der Waals surface area contributed by atoms with Crippen molar-refractivity contribution < 1.29 is 9.13 Å². The molecule has 0 aliphatic rings. The smallest absolute Gasteiger partial charge is 0.185 e. The Kier molecular flexibility index (Phi) is 2.38. The van der Waals surface area contributed by atoms with Crippen molar-refractivity contribution in [2.75, 3.05) is 7.11 Å². The van der Waals surface area contributed by atoms with E-state index >= 15 is 0 Å². The van der Waals surface area contributed by atoms with Gasteiger partial charge < -0.3 is 4.74 Å². The Hall–Kier alpha value is -1.45. The van der Waals surface area contributed by atoms with E-state index in [1.165, 1.54) is 13.2 Å². The van der Waals surface area contributed by atoms with E-state index in [0.29, 0.717) is 5.56 Å². The van der Waals surface area contributed by atoms with Gasteiger partial charge in [-0.2, -0.15) is 0 Å². The van der Waals surface area contributed by atoms with Crippen molar-refractivity contribution in [1.82, 2.24) is 0 Å². The monoisotopic (exact) mass is 169 g/mol. The minimum atomic E-state index is -0.651. The zero-order valence-corrected chi connectivity index (χ0v) is 6.80. The van der Waals surface area contributed by atoms with Crippen LogP contribution < -0.4 is 4.74 Å². The summed E-state index contributed by atoms with van der Waals surface area (Å²) in [6, 6.07) is 2.79. The number of nitroso groups, excluding NO2 is 1. The second-order valence-corrected chi connectivity index (χ2v) is 2.39. The Morgan fingerprint density at radius 3 is 2.67 bits per heavy atom. The van der Waals surface area contributed by atoms with Crippen molar-refractivity contribution in [3.63, 3.8) is 0 Å². The SMILES string of the molecule is COc1cc(C)cc(F)c1N=O. The molecule has 64 valence electrons. The van der Waals surface area contributed by atoms with Crippen LogP contribution in [-0.4, -0.2) is 7.11 Å². The van der Waals surface area contributed by atoms with Crippen LogP contribution >= 0.6 is 0 Å². The minimum Gasteiger partial charge on any atom is -0.494 e. The predicted molar refractivity (Wildman–Crippen MR) is 43.1 cm³/mol. The molecule has 0 amide bonds. The van der Waals surface area contributed by atoms with Crippen molar-refractivity contribution in [3.8, 4) is 5.75 Å². The summed E-state index contributed by atoms with van der Waals surface area (Å²) < 4.78 is 17.7. The second kappa shape index (κ2) is 3.30. The van der Waals surface area contributed by atoms with Crippen LogP contribution in [0.5, 0.6) is 5.75 Å². The number of rotatable bonds is 2. The molecule has 1 aromatic carbocycles. The minimum absolute atomic E-state index is 0.169. The van der Waals surface area contributed by atoms with Gasteiger partial charge in [0.25, 0.3) is 0 Å². The zero-order valence-electron chi connectivity index (χ0n) is 6.80. The van der Waals surface area contributed by atoms with E-state index < -0.39 is 5.82 Å². The van der Waals surface area contributed by atoms with Gasteiger partial charge in [0.1, 0.15) is 0 Å². The van der Waals surface area contributed by atoms with E-state index in [1.807, 2.05) is 0 Å². The van der Waals surface area contributed by atoms with Gasteiger partial charge in [0.15, 0.2) is 17.3 Å². The third-order valence-corrected chi connectivity index (χ3v) is 1.48. The molecule has 0 heterocycles. The van der Waals surface area contributed by atoms with E-state index in [4.69, 9.17) is 4.74 Å². The largest absolute Gasteiger partial charge is 0.494 e. The molecule has 1 aromatic rings. The number of ether oxygens (including phenoxy) is 1. The number of benzene rings is 1. The molecule has 12 heavy (non-hydrogen) atoms. The zero-order chi connectivity index (χ0) is 9.14. The van der Waals surface area contributed by atoms with Crippen LogP contribution in [0.25, 0.3) is 0 Å². The molecule has 0 N–H and O–H groups in total. The molecule has 0 fully saturated rings. The Morgan fingerprint density at radius 1 is 1.50 bits per heavy atom. The maximum Gasteiger partial charge on any atom is 0.185 e. The van der Waals surface area contributed by atoms with Crippen molar-refractivity contribution >= 4 is 5.69 Å². The van der Waals surface area contributed by atoms with Gasteiger partial charge in [-0.1, -0.05) is 0 Å². The third kappa shape index (κ3) is 1.42. The van der Waals surface area contributed by atoms with Crippen molar-refractivity contribution in [2.45, 2.75) is 6.92 Å². The summed E-state index contributed by atoms with van der Waals surface area (Å²) in [6.07, 6.45) is 0. The Morgan fingerprint density at radius 2 is 2.17 bits per heavy atom. The van der Waals surface area contributed by atoms with E-state index in [2.05, 4.69) is 5.18 Å². The molecule has 4 heteroatoms. The highest BCUT2D eigenvalue weighted by atomic mass is 19.1. The number of aryl methyl sites for hydroxylation is 1. The molecule has 3 nitrogen and oxygen atoms in total. The van der Waals surface area contributed by atoms with Crippen LogP contribution in [0.2, 0.25) is 0 Å². The lowest BCUT2D eigenvalue weighted by atomic mass is 10.2. The lowest BCUT2D eigenvalue weighted by molar-refractivity contribution is 0.412. The first-order valence-electron chi connectivity index (χ1n) is 3.36. The standard InChI is InChI=1S/C8H8FNO2/c1-5-3-6(9)8(10-11)7(4-5)12-2/h3-4H,1-2H3. The van der Waals surface area contributed by atoms with Gasteiger partial charge in [-0.3, -0.25) is 0 Å². The maximum atomic E-state index is 12.9. The van der Waals surface area contributed by atoms with Crippen LogP contribution in [0.1, 0.15) is 5.56 Å². The van der Waals surface area contributed by atoms with Crippen LogP contribution in [0.15, 0.2) is 17.3 Å². The third-order valence-electron chi connectivity index (χ3n) is 1.48. The molecular formula is C8H8FNO2. The number of halogens is 1. The summed E-state index contributed by atoms with van der Waals surface area (Å²) in [5, 5.41) is 2.53. The number of methoxy groups -OCH3 is 1.